The Bertz CT molecular complexity index is 507. The molecule has 0 unspecified atom stereocenters. The fraction of sp³-hybridized carbons (Fsp3) is 0. The van der Waals surface area contributed by atoms with Crippen molar-refractivity contribution >= 4 is 23.0 Å². The molecular formula is C12H12ClN3O. The van der Waals surface area contributed by atoms with Gasteiger partial charge < -0.3 is 10.8 Å². The molecule has 3 N–H and O–H groups in total. The van der Waals surface area contributed by atoms with E-state index in [-0.39, 0.29) is 11.4 Å². The predicted octanol–water partition coefficient (Wildman–Crippen LogP) is 3.97. The Morgan fingerprint density at radius 1 is 1.41 bits per heavy atom. The lowest BCUT2D eigenvalue weighted by Gasteiger charge is -2.01. The second kappa shape index (κ2) is 5.86. The molecule has 0 fully saturated rings. The lowest BCUT2D eigenvalue weighted by Crippen LogP contribution is -1.84. The Morgan fingerprint density at radius 2 is 2.12 bits per heavy atom. The monoisotopic (exact) mass is 249 g/mol. The van der Waals surface area contributed by atoms with E-state index in [0.29, 0.717) is 16.4 Å². The van der Waals surface area contributed by atoms with Crippen molar-refractivity contribution in [2.75, 3.05) is 5.73 Å². The molecule has 0 aliphatic carbocycles. The van der Waals surface area contributed by atoms with Crippen LogP contribution in [0, 0.1) is 0 Å². The van der Waals surface area contributed by atoms with Crippen LogP contribution in [0.15, 0.2) is 59.4 Å². The smallest absolute Gasteiger partial charge is 0.140 e. The molecule has 0 spiro atoms. The summed E-state index contributed by atoms with van der Waals surface area (Å²) >= 11 is 5.89. The summed E-state index contributed by atoms with van der Waals surface area (Å²) in [5, 5.41) is 17.5. The van der Waals surface area contributed by atoms with Crippen molar-refractivity contribution in [3.63, 3.8) is 0 Å². The minimum absolute atomic E-state index is 0.0868. The lowest BCUT2D eigenvalue weighted by atomic mass is 10.2. The molecule has 5 heteroatoms. The van der Waals surface area contributed by atoms with Crippen molar-refractivity contribution < 1.29 is 5.11 Å². The average molecular weight is 250 g/mol. The van der Waals surface area contributed by atoms with Gasteiger partial charge in [-0.05, 0) is 18.2 Å². The molecule has 4 nitrogen and oxygen atoms in total. The maximum atomic E-state index is 9.41. The van der Waals surface area contributed by atoms with Gasteiger partial charge in [0.15, 0.2) is 0 Å². The first-order valence-electron chi connectivity index (χ1n) is 4.73. The third-order valence-electron chi connectivity index (χ3n) is 1.87. The third-order valence-corrected chi connectivity index (χ3v) is 2.17. The lowest BCUT2D eigenvalue weighted by molar-refractivity contribution is 0.478. The molecular weight excluding hydrogens is 238 g/mol. The quantitative estimate of drug-likeness (QED) is 0.367. The second-order valence-corrected chi connectivity index (χ2v) is 3.50. The first kappa shape index (κ1) is 13.0. The SMILES string of the molecule is C=C/C=C(\C=C)N=Nc1cc(O)c(N)cc1Cl. The van der Waals surface area contributed by atoms with Crippen LogP contribution in [0.5, 0.6) is 5.75 Å². The number of anilines is 1. The molecule has 1 aromatic carbocycles. The van der Waals surface area contributed by atoms with E-state index in [1.165, 1.54) is 18.2 Å². The van der Waals surface area contributed by atoms with Crippen LogP contribution in [0.3, 0.4) is 0 Å². The first-order valence-corrected chi connectivity index (χ1v) is 5.11. The molecule has 0 aliphatic heterocycles. The number of azo groups is 1. The normalized spacial score (nSPS) is 11.7. The molecule has 0 saturated carbocycles. The van der Waals surface area contributed by atoms with Gasteiger partial charge in [0.05, 0.1) is 16.4 Å². The minimum atomic E-state index is -0.0868. The third kappa shape index (κ3) is 3.46. The predicted molar refractivity (Wildman–Crippen MR) is 70.5 cm³/mol. The molecule has 0 radical (unpaired) electrons. The van der Waals surface area contributed by atoms with Gasteiger partial charge in [0.2, 0.25) is 0 Å². The average Bonchev–Trinajstić information content (AvgIpc) is 2.30. The van der Waals surface area contributed by atoms with Gasteiger partial charge in [0.1, 0.15) is 11.4 Å². The summed E-state index contributed by atoms with van der Waals surface area (Å²) in [4.78, 5) is 0. The molecule has 17 heavy (non-hydrogen) atoms. The topological polar surface area (TPSA) is 71.0 Å². The molecule has 0 aliphatic rings. The van der Waals surface area contributed by atoms with Crippen LogP contribution < -0.4 is 5.73 Å². The van der Waals surface area contributed by atoms with Crippen molar-refractivity contribution in [3.05, 3.63) is 54.2 Å². The van der Waals surface area contributed by atoms with Crippen LogP contribution in [0.4, 0.5) is 11.4 Å². The summed E-state index contributed by atoms with van der Waals surface area (Å²) in [5.74, 6) is -0.0868. The standard InChI is InChI=1S/C12H12ClN3O/c1-3-5-8(4-2)15-16-11-7-12(17)10(14)6-9(11)13/h3-7,17H,1-2,14H2/b8-5+,16-15?. The van der Waals surface area contributed by atoms with Crippen molar-refractivity contribution in [1.29, 1.82) is 0 Å². The maximum Gasteiger partial charge on any atom is 0.140 e. The first-order chi connectivity index (χ1) is 8.08. The summed E-state index contributed by atoms with van der Waals surface area (Å²) in [6, 6.07) is 2.76. The van der Waals surface area contributed by atoms with E-state index in [9.17, 15) is 5.11 Å². The van der Waals surface area contributed by atoms with E-state index in [4.69, 9.17) is 17.3 Å². The summed E-state index contributed by atoms with van der Waals surface area (Å²) in [6.45, 7) is 7.11. The number of aromatic hydroxyl groups is 1. The number of nitrogens with zero attached hydrogens (tertiary/aromatic N) is 2. The van der Waals surface area contributed by atoms with Gasteiger partial charge in [0.25, 0.3) is 0 Å². The molecule has 0 amide bonds. The van der Waals surface area contributed by atoms with E-state index >= 15 is 0 Å². The second-order valence-electron chi connectivity index (χ2n) is 3.09. The number of rotatable bonds is 4. The minimum Gasteiger partial charge on any atom is -0.506 e. The van der Waals surface area contributed by atoms with Gasteiger partial charge in [-0.15, -0.1) is 5.11 Å². The van der Waals surface area contributed by atoms with Gasteiger partial charge in [-0.2, -0.15) is 5.11 Å². The molecule has 0 aromatic heterocycles. The summed E-state index contributed by atoms with van der Waals surface area (Å²) in [7, 11) is 0. The highest BCUT2D eigenvalue weighted by Gasteiger charge is 2.04. The van der Waals surface area contributed by atoms with E-state index in [1.807, 2.05) is 0 Å². The Morgan fingerprint density at radius 3 is 2.71 bits per heavy atom. The van der Waals surface area contributed by atoms with Gasteiger partial charge in [-0.3, -0.25) is 0 Å². The zero-order valence-corrected chi connectivity index (χ0v) is 9.85. The van der Waals surface area contributed by atoms with Crippen LogP contribution in [0.2, 0.25) is 5.02 Å². The van der Waals surface area contributed by atoms with Crippen molar-refractivity contribution in [2.45, 2.75) is 0 Å². The summed E-state index contributed by atoms with van der Waals surface area (Å²) in [5.41, 5.74) is 6.53. The van der Waals surface area contributed by atoms with Crippen molar-refractivity contribution in [1.82, 2.24) is 0 Å². The Labute approximate surface area is 104 Å². The molecule has 0 atom stereocenters. The van der Waals surface area contributed by atoms with E-state index < -0.39 is 0 Å². The number of nitrogen functional groups attached to an aromatic ring is 1. The Hall–Kier alpha value is -2.07. The van der Waals surface area contributed by atoms with Gasteiger partial charge in [-0.25, -0.2) is 0 Å². The summed E-state index contributed by atoms with van der Waals surface area (Å²) < 4.78 is 0. The number of halogens is 1. The largest absolute Gasteiger partial charge is 0.506 e. The number of hydrogen-bond acceptors (Lipinski definition) is 4. The Balaban J connectivity index is 3.07. The highest BCUT2D eigenvalue weighted by molar-refractivity contribution is 6.33. The summed E-state index contributed by atoms with van der Waals surface area (Å²) in [6.07, 6.45) is 4.73. The van der Waals surface area contributed by atoms with E-state index in [2.05, 4.69) is 23.4 Å². The molecule has 1 rings (SSSR count). The zero-order valence-electron chi connectivity index (χ0n) is 9.10. The van der Waals surface area contributed by atoms with E-state index in [1.54, 1.807) is 12.2 Å². The highest BCUT2D eigenvalue weighted by atomic mass is 35.5. The molecule has 0 saturated heterocycles. The van der Waals surface area contributed by atoms with Crippen LogP contribution in [0.25, 0.3) is 0 Å². The molecule has 88 valence electrons. The number of phenols is 1. The Kier molecular flexibility index (Phi) is 4.48. The van der Waals surface area contributed by atoms with Gasteiger partial charge in [0, 0.05) is 6.07 Å². The number of allylic oxidation sites excluding steroid dienone is 3. The highest BCUT2D eigenvalue weighted by Crippen LogP contribution is 2.34. The molecule has 0 heterocycles. The molecule has 1 aromatic rings. The number of hydrogen-bond donors (Lipinski definition) is 2. The van der Waals surface area contributed by atoms with Crippen LogP contribution >= 0.6 is 11.6 Å². The van der Waals surface area contributed by atoms with Gasteiger partial charge >= 0.3 is 0 Å². The number of phenolic OH excluding ortho intramolecular Hbond substituents is 1. The van der Waals surface area contributed by atoms with E-state index in [0.717, 1.165) is 0 Å². The van der Waals surface area contributed by atoms with Crippen molar-refractivity contribution in [2.24, 2.45) is 10.2 Å². The maximum absolute atomic E-state index is 9.41. The fourth-order valence-corrected chi connectivity index (χ4v) is 1.23. The number of benzene rings is 1. The zero-order chi connectivity index (χ0) is 12.8. The van der Waals surface area contributed by atoms with Crippen LogP contribution in [-0.4, -0.2) is 5.11 Å². The number of nitrogens with two attached hydrogens (primary N) is 1. The molecule has 0 bridgehead atoms. The van der Waals surface area contributed by atoms with Crippen LogP contribution in [-0.2, 0) is 0 Å². The van der Waals surface area contributed by atoms with Crippen molar-refractivity contribution in [3.8, 4) is 5.75 Å². The van der Waals surface area contributed by atoms with Gasteiger partial charge in [-0.1, -0.05) is 30.8 Å². The van der Waals surface area contributed by atoms with Crippen LogP contribution in [0.1, 0.15) is 0 Å². The fourth-order valence-electron chi connectivity index (χ4n) is 1.02.